The Balaban J connectivity index is 2.00. The summed E-state index contributed by atoms with van der Waals surface area (Å²) < 4.78 is 0. The van der Waals surface area contributed by atoms with Crippen LogP contribution in [-0.4, -0.2) is 17.8 Å². The van der Waals surface area contributed by atoms with Crippen LogP contribution in [0.5, 0.6) is 0 Å². The largest absolute Gasteiger partial charge is 0.353 e. The molecule has 0 radical (unpaired) electrons. The summed E-state index contributed by atoms with van der Waals surface area (Å²) in [4.78, 5) is 12.4. The Hall–Kier alpha value is -1.02. The van der Waals surface area contributed by atoms with Gasteiger partial charge in [0.2, 0.25) is 5.91 Å². The van der Waals surface area contributed by atoms with Gasteiger partial charge in [-0.3, -0.25) is 4.79 Å². The molecule has 0 aliphatic heterocycles. The summed E-state index contributed by atoms with van der Waals surface area (Å²) in [6, 6.07) is 8.54. The second kappa shape index (κ2) is 6.95. The lowest BCUT2D eigenvalue weighted by atomic mass is 9.82. The number of aryl methyl sites for hydroxylation is 1. The third-order valence-electron chi connectivity index (χ3n) is 3.85. The van der Waals surface area contributed by atoms with E-state index in [0.29, 0.717) is 5.88 Å². The average molecular weight is 280 g/mol. The second-order valence-corrected chi connectivity index (χ2v) is 5.76. The summed E-state index contributed by atoms with van der Waals surface area (Å²) >= 11 is 5.69. The molecular weight excluding hydrogens is 258 g/mol. The number of carbonyl (C=O) groups is 1. The lowest BCUT2D eigenvalue weighted by Crippen LogP contribution is -2.37. The van der Waals surface area contributed by atoms with Crippen LogP contribution in [0.3, 0.4) is 0 Å². The summed E-state index contributed by atoms with van der Waals surface area (Å²) in [5, 5.41) is 3.13. The lowest BCUT2D eigenvalue weighted by Gasteiger charge is -2.26. The number of alkyl halides is 1. The third-order valence-corrected chi connectivity index (χ3v) is 4.11. The number of benzene rings is 1. The Kier molecular flexibility index (Phi) is 5.26. The highest BCUT2D eigenvalue weighted by Crippen LogP contribution is 2.31. The molecule has 2 nitrogen and oxygen atoms in total. The number of rotatable bonds is 5. The zero-order valence-electron chi connectivity index (χ0n) is 11.5. The first-order chi connectivity index (χ1) is 9.22. The maximum Gasteiger partial charge on any atom is 0.227 e. The van der Waals surface area contributed by atoms with E-state index in [9.17, 15) is 4.79 Å². The minimum atomic E-state index is 0.0309. The van der Waals surface area contributed by atoms with Crippen LogP contribution >= 0.6 is 11.6 Å². The van der Waals surface area contributed by atoms with E-state index >= 15 is 0 Å². The number of nitrogens with one attached hydrogen (secondary N) is 1. The Morgan fingerprint density at radius 3 is 3.05 bits per heavy atom. The minimum absolute atomic E-state index is 0.0309. The zero-order chi connectivity index (χ0) is 13.7. The van der Waals surface area contributed by atoms with Crippen LogP contribution < -0.4 is 5.32 Å². The number of hydrogen-bond donors (Lipinski definition) is 1. The van der Waals surface area contributed by atoms with E-state index in [4.69, 9.17) is 11.6 Å². The molecule has 3 heteroatoms. The van der Waals surface area contributed by atoms with E-state index in [1.54, 1.807) is 0 Å². The summed E-state index contributed by atoms with van der Waals surface area (Å²) in [5.41, 5.74) is 2.55. The van der Waals surface area contributed by atoms with Crippen LogP contribution in [0, 0.1) is 0 Å². The summed E-state index contributed by atoms with van der Waals surface area (Å²) in [5.74, 6) is 0.865. The maximum absolute atomic E-state index is 12.4. The molecule has 1 aliphatic carbocycles. The molecule has 0 heterocycles. The van der Waals surface area contributed by atoms with Crippen molar-refractivity contribution in [2.24, 2.45) is 0 Å². The molecule has 19 heavy (non-hydrogen) atoms. The van der Waals surface area contributed by atoms with Crippen molar-refractivity contribution in [2.75, 3.05) is 5.88 Å². The quantitative estimate of drug-likeness (QED) is 0.820. The summed E-state index contributed by atoms with van der Waals surface area (Å²) in [7, 11) is 0. The molecule has 104 valence electrons. The van der Waals surface area contributed by atoms with Crippen molar-refractivity contribution in [1.82, 2.24) is 5.32 Å². The van der Waals surface area contributed by atoms with Gasteiger partial charge in [0, 0.05) is 11.9 Å². The van der Waals surface area contributed by atoms with E-state index < -0.39 is 0 Å². The predicted molar refractivity (Wildman–Crippen MR) is 79.7 cm³/mol. The van der Waals surface area contributed by atoms with Gasteiger partial charge in [0.25, 0.3) is 0 Å². The molecule has 0 fully saturated rings. The van der Waals surface area contributed by atoms with Crippen LogP contribution in [0.2, 0.25) is 0 Å². The summed E-state index contributed by atoms with van der Waals surface area (Å²) in [6.45, 7) is 2.05. The molecule has 1 N–H and O–H groups in total. The third kappa shape index (κ3) is 3.73. The van der Waals surface area contributed by atoms with Gasteiger partial charge in [-0.1, -0.05) is 24.3 Å². The highest BCUT2D eigenvalue weighted by Gasteiger charge is 2.26. The fourth-order valence-corrected chi connectivity index (χ4v) is 2.98. The molecule has 2 atom stereocenters. The maximum atomic E-state index is 12.4. The smallest absolute Gasteiger partial charge is 0.227 e. The molecule has 1 aromatic rings. The first kappa shape index (κ1) is 14.4. The van der Waals surface area contributed by atoms with Crippen molar-refractivity contribution < 1.29 is 4.79 Å². The Bertz CT molecular complexity index is 433. The van der Waals surface area contributed by atoms with Crippen molar-refractivity contribution in [2.45, 2.75) is 51.0 Å². The van der Waals surface area contributed by atoms with E-state index in [1.807, 2.05) is 6.07 Å². The SMILES string of the molecule is CC(CCCCl)NC(=O)C1CCCc2ccccc21. The van der Waals surface area contributed by atoms with Gasteiger partial charge >= 0.3 is 0 Å². The molecule has 1 aliphatic rings. The molecule has 0 saturated carbocycles. The normalized spacial score (nSPS) is 19.6. The predicted octanol–water partition coefficient (Wildman–Crippen LogP) is 3.63. The van der Waals surface area contributed by atoms with E-state index in [1.165, 1.54) is 11.1 Å². The fourth-order valence-electron chi connectivity index (χ4n) is 2.83. The van der Waals surface area contributed by atoms with Crippen molar-refractivity contribution >= 4 is 17.5 Å². The standard InChI is InChI=1S/C16H22ClNO/c1-12(6-5-11-17)18-16(19)15-10-4-8-13-7-2-3-9-14(13)15/h2-3,7,9,12,15H,4-6,8,10-11H2,1H3,(H,18,19). The number of hydrogen-bond acceptors (Lipinski definition) is 1. The Labute approximate surface area is 120 Å². The fraction of sp³-hybridized carbons (Fsp3) is 0.562. The molecule has 0 spiro atoms. The number of amides is 1. The van der Waals surface area contributed by atoms with Crippen molar-refractivity contribution in [3.63, 3.8) is 0 Å². The molecule has 1 aromatic carbocycles. The van der Waals surface area contributed by atoms with E-state index in [2.05, 4.69) is 30.4 Å². The minimum Gasteiger partial charge on any atom is -0.353 e. The molecular formula is C16H22ClNO. The molecule has 0 bridgehead atoms. The van der Waals surface area contributed by atoms with Gasteiger partial charge in [0.15, 0.2) is 0 Å². The van der Waals surface area contributed by atoms with Gasteiger partial charge in [-0.05, 0) is 50.2 Å². The molecule has 0 aromatic heterocycles. The van der Waals surface area contributed by atoms with Crippen molar-refractivity contribution in [1.29, 1.82) is 0 Å². The van der Waals surface area contributed by atoms with E-state index in [0.717, 1.165) is 32.1 Å². The van der Waals surface area contributed by atoms with Gasteiger partial charge in [-0.15, -0.1) is 11.6 Å². The highest BCUT2D eigenvalue weighted by molar-refractivity contribution is 6.17. The number of fused-ring (bicyclic) bond motifs is 1. The molecule has 1 amide bonds. The van der Waals surface area contributed by atoms with Crippen LogP contribution in [0.1, 0.15) is 49.7 Å². The van der Waals surface area contributed by atoms with E-state index in [-0.39, 0.29) is 17.9 Å². The van der Waals surface area contributed by atoms with Crippen molar-refractivity contribution in [3.05, 3.63) is 35.4 Å². The lowest BCUT2D eigenvalue weighted by molar-refractivity contribution is -0.123. The van der Waals surface area contributed by atoms with Crippen LogP contribution in [0.25, 0.3) is 0 Å². The highest BCUT2D eigenvalue weighted by atomic mass is 35.5. The van der Waals surface area contributed by atoms with Gasteiger partial charge in [-0.2, -0.15) is 0 Å². The Morgan fingerprint density at radius 1 is 1.47 bits per heavy atom. The van der Waals surface area contributed by atoms with Gasteiger partial charge < -0.3 is 5.32 Å². The first-order valence-electron chi connectivity index (χ1n) is 7.16. The second-order valence-electron chi connectivity index (χ2n) is 5.38. The van der Waals surface area contributed by atoms with Gasteiger partial charge in [-0.25, -0.2) is 0 Å². The Morgan fingerprint density at radius 2 is 2.26 bits per heavy atom. The molecule has 0 saturated heterocycles. The summed E-state index contributed by atoms with van der Waals surface area (Å²) in [6.07, 6.45) is 5.06. The van der Waals surface area contributed by atoms with Crippen molar-refractivity contribution in [3.8, 4) is 0 Å². The van der Waals surface area contributed by atoms with Crippen LogP contribution in [0.4, 0.5) is 0 Å². The number of carbonyl (C=O) groups excluding carboxylic acids is 1. The monoisotopic (exact) mass is 279 g/mol. The topological polar surface area (TPSA) is 29.1 Å². The van der Waals surface area contributed by atoms with Gasteiger partial charge in [0.1, 0.15) is 0 Å². The number of halogens is 1. The van der Waals surface area contributed by atoms with Crippen LogP contribution in [0.15, 0.2) is 24.3 Å². The van der Waals surface area contributed by atoms with Crippen LogP contribution in [-0.2, 0) is 11.2 Å². The zero-order valence-corrected chi connectivity index (χ0v) is 12.2. The first-order valence-corrected chi connectivity index (χ1v) is 7.70. The average Bonchev–Trinajstić information content (AvgIpc) is 2.44. The van der Waals surface area contributed by atoms with Gasteiger partial charge in [0.05, 0.1) is 5.92 Å². The molecule has 2 rings (SSSR count). The molecule has 2 unspecified atom stereocenters.